The Bertz CT molecular complexity index is 733. The minimum atomic E-state index is -0.265. The maximum atomic E-state index is 12.0. The number of nitrogens with one attached hydrogen (secondary N) is 1. The van der Waals surface area contributed by atoms with E-state index in [9.17, 15) is 4.79 Å². The quantitative estimate of drug-likeness (QED) is 0.937. The van der Waals surface area contributed by atoms with Gasteiger partial charge in [-0.15, -0.1) is 11.3 Å². The van der Waals surface area contributed by atoms with E-state index in [2.05, 4.69) is 22.2 Å². The van der Waals surface area contributed by atoms with Gasteiger partial charge < -0.3 is 10.1 Å². The van der Waals surface area contributed by atoms with Gasteiger partial charge in [-0.05, 0) is 51.5 Å². The first-order valence-electron chi connectivity index (χ1n) is 8.02. The van der Waals surface area contributed by atoms with Gasteiger partial charge in [-0.25, -0.2) is 9.97 Å². The van der Waals surface area contributed by atoms with Crippen LogP contribution < -0.4 is 10.1 Å². The third-order valence-corrected chi connectivity index (χ3v) is 5.07. The van der Waals surface area contributed by atoms with Crippen molar-refractivity contribution in [3.63, 3.8) is 0 Å². The highest BCUT2D eigenvalue weighted by Gasteiger charge is 2.24. The van der Waals surface area contributed by atoms with Gasteiger partial charge in [0.2, 0.25) is 5.88 Å². The summed E-state index contributed by atoms with van der Waals surface area (Å²) in [6, 6.07) is 0. The third kappa shape index (κ3) is 3.63. The molecule has 1 unspecified atom stereocenters. The zero-order valence-electron chi connectivity index (χ0n) is 14.1. The lowest BCUT2D eigenvalue weighted by molar-refractivity contribution is -0.124. The van der Waals surface area contributed by atoms with Crippen LogP contribution in [0, 0.1) is 5.92 Å². The maximum Gasteiger partial charge on any atom is 0.258 e. The smallest absolute Gasteiger partial charge is 0.258 e. The average Bonchev–Trinajstić information content (AvgIpc) is 2.81. The molecule has 3 rings (SSSR count). The van der Waals surface area contributed by atoms with E-state index >= 15 is 0 Å². The molecule has 0 bridgehead atoms. The third-order valence-electron chi connectivity index (χ3n) is 3.91. The first-order chi connectivity index (χ1) is 10.8. The van der Waals surface area contributed by atoms with E-state index in [1.165, 1.54) is 23.2 Å². The van der Waals surface area contributed by atoms with Crippen LogP contribution >= 0.6 is 11.3 Å². The molecule has 23 heavy (non-hydrogen) atoms. The van der Waals surface area contributed by atoms with E-state index in [4.69, 9.17) is 4.74 Å². The van der Waals surface area contributed by atoms with Crippen LogP contribution in [0.3, 0.4) is 0 Å². The summed E-state index contributed by atoms with van der Waals surface area (Å²) < 4.78 is 5.72. The van der Waals surface area contributed by atoms with Crippen molar-refractivity contribution in [1.82, 2.24) is 15.3 Å². The Morgan fingerprint density at radius 2 is 2.22 bits per heavy atom. The number of aryl methyl sites for hydroxylation is 1. The molecule has 1 atom stereocenters. The topological polar surface area (TPSA) is 64.1 Å². The number of fused-ring (bicyclic) bond motifs is 3. The van der Waals surface area contributed by atoms with Crippen LogP contribution in [-0.2, 0) is 17.6 Å². The monoisotopic (exact) mass is 333 g/mol. The summed E-state index contributed by atoms with van der Waals surface area (Å²) in [5.41, 5.74) is 1.05. The molecule has 0 fully saturated rings. The molecule has 2 aromatic heterocycles. The highest BCUT2D eigenvalue weighted by Crippen LogP contribution is 2.40. The predicted octanol–water partition coefficient (Wildman–Crippen LogP) is 3.11. The van der Waals surface area contributed by atoms with E-state index in [1.807, 2.05) is 20.8 Å². The first-order valence-corrected chi connectivity index (χ1v) is 8.84. The van der Waals surface area contributed by atoms with Crippen molar-refractivity contribution in [2.24, 2.45) is 5.92 Å². The largest absolute Gasteiger partial charge is 0.467 e. The van der Waals surface area contributed by atoms with E-state index in [0.29, 0.717) is 11.8 Å². The Kier molecular flexibility index (Phi) is 4.27. The van der Waals surface area contributed by atoms with Gasteiger partial charge in [-0.3, -0.25) is 4.79 Å². The van der Waals surface area contributed by atoms with Gasteiger partial charge in [0.1, 0.15) is 11.2 Å². The van der Waals surface area contributed by atoms with Crippen molar-refractivity contribution in [2.75, 3.05) is 6.61 Å². The van der Waals surface area contributed by atoms with Gasteiger partial charge in [-0.2, -0.15) is 0 Å². The number of rotatable bonds is 3. The molecule has 0 aliphatic heterocycles. The molecule has 0 saturated carbocycles. The van der Waals surface area contributed by atoms with Gasteiger partial charge in [0.25, 0.3) is 5.91 Å². The van der Waals surface area contributed by atoms with Gasteiger partial charge >= 0.3 is 0 Å². The summed E-state index contributed by atoms with van der Waals surface area (Å²) in [6.07, 6.45) is 4.83. The van der Waals surface area contributed by atoms with Gasteiger partial charge in [-0.1, -0.05) is 6.92 Å². The molecule has 5 nitrogen and oxygen atoms in total. The van der Waals surface area contributed by atoms with Crippen LogP contribution in [0.1, 0.15) is 44.6 Å². The normalized spacial score (nSPS) is 17.8. The van der Waals surface area contributed by atoms with Crippen LogP contribution in [0.15, 0.2) is 6.33 Å². The number of amides is 1. The molecule has 1 aliphatic rings. The maximum absolute atomic E-state index is 12.0. The van der Waals surface area contributed by atoms with E-state index in [1.54, 1.807) is 11.3 Å². The fourth-order valence-electron chi connectivity index (χ4n) is 2.94. The number of carbonyl (C=O) groups excluding carboxylic acids is 1. The highest BCUT2D eigenvalue weighted by atomic mass is 32.1. The van der Waals surface area contributed by atoms with Crippen molar-refractivity contribution in [1.29, 1.82) is 0 Å². The lowest BCUT2D eigenvalue weighted by Crippen LogP contribution is -2.43. The number of thiophene rings is 1. The molecule has 2 aromatic rings. The van der Waals surface area contributed by atoms with E-state index < -0.39 is 0 Å². The Morgan fingerprint density at radius 3 is 2.96 bits per heavy atom. The van der Waals surface area contributed by atoms with Crippen molar-refractivity contribution in [3.05, 3.63) is 16.8 Å². The number of ether oxygens (including phenoxy) is 1. The second-order valence-electron chi connectivity index (χ2n) is 7.30. The fraction of sp³-hybridized carbons (Fsp3) is 0.588. The molecule has 1 aliphatic carbocycles. The molecule has 1 amide bonds. The Labute approximate surface area is 140 Å². The molecule has 0 spiro atoms. The Hall–Kier alpha value is -1.69. The standard InChI is InChI=1S/C17H23N3O2S/c1-10-5-6-11-12(7-10)23-16-14(11)15(18-9-19-16)22-8-13(21)20-17(2,3)4/h9-10H,5-8H2,1-4H3,(H,20,21). The fourth-order valence-corrected chi connectivity index (χ4v) is 4.28. The predicted molar refractivity (Wildman–Crippen MR) is 92.0 cm³/mol. The van der Waals surface area contributed by atoms with Gasteiger partial charge in [0.05, 0.1) is 5.39 Å². The summed E-state index contributed by atoms with van der Waals surface area (Å²) in [6.45, 7) is 8.11. The zero-order valence-corrected chi connectivity index (χ0v) is 14.9. The molecule has 6 heteroatoms. The molecular weight excluding hydrogens is 310 g/mol. The molecular formula is C17H23N3O2S. The number of nitrogens with zero attached hydrogens (tertiary/aromatic N) is 2. The van der Waals surface area contributed by atoms with Gasteiger partial charge in [0, 0.05) is 10.4 Å². The second kappa shape index (κ2) is 6.07. The number of hydrogen-bond acceptors (Lipinski definition) is 5. The van der Waals surface area contributed by atoms with Crippen molar-refractivity contribution in [3.8, 4) is 5.88 Å². The van der Waals surface area contributed by atoms with E-state index in [0.717, 1.165) is 23.1 Å². The minimum absolute atomic E-state index is 0.0234. The zero-order chi connectivity index (χ0) is 16.6. The number of hydrogen-bond donors (Lipinski definition) is 1. The number of aromatic nitrogens is 2. The molecule has 1 N–H and O–H groups in total. The first kappa shape index (κ1) is 16.2. The summed E-state index contributed by atoms with van der Waals surface area (Å²) in [4.78, 5) is 23.0. The summed E-state index contributed by atoms with van der Waals surface area (Å²) >= 11 is 1.73. The molecule has 0 radical (unpaired) electrons. The Morgan fingerprint density at radius 1 is 1.43 bits per heavy atom. The number of carbonyl (C=O) groups is 1. The molecule has 0 aromatic carbocycles. The SMILES string of the molecule is CC1CCc2c(sc3ncnc(OCC(=O)NC(C)(C)C)c23)C1. The summed E-state index contributed by atoms with van der Waals surface area (Å²) in [5, 5.41) is 3.90. The molecule has 2 heterocycles. The lowest BCUT2D eigenvalue weighted by Gasteiger charge is -2.20. The van der Waals surface area contributed by atoms with Crippen LogP contribution in [0.2, 0.25) is 0 Å². The van der Waals surface area contributed by atoms with Crippen molar-refractivity contribution < 1.29 is 9.53 Å². The second-order valence-corrected chi connectivity index (χ2v) is 8.38. The lowest BCUT2D eigenvalue weighted by atomic mass is 9.89. The molecule has 0 saturated heterocycles. The minimum Gasteiger partial charge on any atom is -0.467 e. The summed E-state index contributed by atoms with van der Waals surface area (Å²) in [7, 11) is 0. The summed E-state index contributed by atoms with van der Waals surface area (Å²) in [5.74, 6) is 1.11. The Balaban J connectivity index is 1.83. The van der Waals surface area contributed by atoms with Crippen LogP contribution in [0.4, 0.5) is 0 Å². The van der Waals surface area contributed by atoms with Crippen LogP contribution in [0.5, 0.6) is 5.88 Å². The van der Waals surface area contributed by atoms with Gasteiger partial charge in [0.15, 0.2) is 6.61 Å². The van der Waals surface area contributed by atoms with Crippen LogP contribution in [0.25, 0.3) is 10.2 Å². The molecule has 124 valence electrons. The van der Waals surface area contributed by atoms with Crippen molar-refractivity contribution >= 4 is 27.5 Å². The average molecular weight is 333 g/mol. The van der Waals surface area contributed by atoms with E-state index in [-0.39, 0.29) is 18.1 Å². The highest BCUT2D eigenvalue weighted by molar-refractivity contribution is 7.18. The van der Waals surface area contributed by atoms with Crippen molar-refractivity contribution in [2.45, 2.75) is 52.5 Å². The van der Waals surface area contributed by atoms with Crippen LogP contribution in [-0.4, -0.2) is 28.0 Å².